The normalized spacial score (nSPS) is 18.1. The summed E-state index contributed by atoms with van der Waals surface area (Å²) < 4.78 is 2.02. The predicted octanol–water partition coefficient (Wildman–Crippen LogP) is 4.48. The second-order valence-corrected chi connectivity index (χ2v) is 9.76. The maximum atomic E-state index is 13.5. The number of aromatic amines is 1. The average Bonchev–Trinajstić information content (AvgIpc) is 3.35. The Kier molecular flexibility index (Phi) is 5.49. The van der Waals surface area contributed by atoms with Gasteiger partial charge in [-0.05, 0) is 64.8 Å². The van der Waals surface area contributed by atoms with Gasteiger partial charge in [0.05, 0.1) is 11.6 Å². The molecule has 0 unspecified atom stereocenters. The van der Waals surface area contributed by atoms with E-state index in [0.717, 1.165) is 54.6 Å². The number of nitrogens with zero attached hydrogens (tertiary/aromatic N) is 5. The molecule has 0 radical (unpaired) electrons. The van der Waals surface area contributed by atoms with Crippen LogP contribution in [0.15, 0.2) is 53.3 Å². The number of H-pyrrole nitrogens is 1. The molecule has 0 bridgehead atoms. The molecule has 0 saturated heterocycles. The van der Waals surface area contributed by atoms with Gasteiger partial charge < -0.3 is 4.98 Å². The summed E-state index contributed by atoms with van der Waals surface area (Å²) in [5, 5.41) is 14.1. The third kappa shape index (κ3) is 3.74. The highest BCUT2D eigenvalue weighted by Gasteiger charge is 2.34. The summed E-state index contributed by atoms with van der Waals surface area (Å²) in [5.74, 6) is 0.781. The molecule has 1 N–H and O–H groups in total. The first-order valence-electron chi connectivity index (χ1n) is 12.4. The number of para-hydroxylation sites is 1. The Morgan fingerprint density at radius 1 is 1.03 bits per heavy atom. The highest BCUT2D eigenvalue weighted by Crippen LogP contribution is 2.35. The molecule has 1 aliphatic carbocycles. The van der Waals surface area contributed by atoms with Crippen LogP contribution in [0.4, 0.5) is 0 Å². The summed E-state index contributed by atoms with van der Waals surface area (Å²) in [5.41, 5.74) is 5.30. The fourth-order valence-corrected chi connectivity index (χ4v) is 5.81. The van der Waals surface area contributed by atoms with Crippen LogP contribution in [0.1, 0.15) is 72.3 Å². The van der Waals surface area contributed by atoms with E-state index in [0.29, 0.717) is 11.6 Å². The molecule has 7 heteroatoms. The van der Waals surface area contributed by atoms with Crippen LogP contribution in [0.2, 0.25) is 0 Å². The first kappa shape index (κ1) is 21.2. The molecule has 1 saturated carbocycles. The van der Waals surface area contributed by atoms with Crippen molar-refractivity contribution < 1.29 is 0 Å². The van der Waals surface area contributed by atoms with Crippen LogP contribution in [-0.2, 0) is 13.0 Å². The number of rotatable bonds is 4. The van der Waals surface area contributed by atoms with Gasteiger partial charge in [0.25, 0.3) is 5.56 Å². The van der Waals surface area contributed by atoms with Crippen molar-refractivity contribution in [1.29, 1.82) is 0 Å². The number of aryl methyl sites for hydroxylation is 1. The van der Waals surface area contributed by atoms with E-state index >= 15 is 0 Å². The van der Waals surface area contributed by atoms with E-state index in [1.54, 1.807) is 0 Å². The highest BCUT2D eigenvalue weighted by molar-refractivity contribution is 5.82. The van der Waals surface area contributed by atoms with Crippen molar-refractivity contribution in [3.8, 4) is 0 Å². The minimum atomic E-state index is -0.307. The summed E-state index contributed by atoms with van der Waals surface area (Å²) in [6.45, 7) is 3.65. The molecular weight excluding hydrogens is 424 g/mol. The zero-order chi connectivity index (χ0) is 23.1. The molecule has 4 aromatic rings. The van der Waals surface area contributed by atoms with Crippen LogP contribution in [-0.4, -0.2) is 36.6 Å². The number of benzene rings is 2. The maximum absolute atomic E-state index is 13.5. The molecular formula is C27H30N6O. The van der Waals surface area contributed by atoms with Crippen LogP contribution >= 0.6 is 0 Å². The minimum Gasteiger partial charge on any atom is -0.321 e. The van der Waals surface area contributed by atoms with Gasteiger partial charge in [-0.15, -0.1) is 5.10 Å². The van der Waals surface area contributed by atoms with Crippen molar-refractivity contribution in [1.82, 2.24) is 30.1 Å². The topological polar surface area (TPSA) is 79.7 Å². The molecule has 0 amide bonds. The molecule has 3 heterocycles. The zero-order valence-corrected chi connectivity index (χ0v) is 19.6. The van der Waals surface area contributed by atoms with Gasteiger partial charge in [-0.3, -0.25) is 9.69 Å². The number of tetrazole rings is 1. The van der Waals surface area contributed by atoms with Crippen molar-refractivity contribution in [2.45, 2.75) is 64.1 Å². The molecule has 174 valence electrons. The number of fused-ring (bicyclic) bond motifs is 2. The summed E-state index contributed by atoms with van der Waals surface area (Å²) in [6.07, 6.45) is 6.77. The Morgan fingerprint density at radius 2 is 1.85 bits per heavy atom. The number of hydrogen-bond acceptors (Lipinski definition) is 5. The molecule has 2 aromatic heterocycles. The van der Waals surface area contributed by atoms with Crippen molar-refractivity contribution in [2.75, 3.05) is 6.54 Å². The monoisotopic (exact) mass is 454 g/mol. The van der Waals surface area contributed by atoms with Gasteiger partial charge in [-0.1, -0.05) is 61.7 Å². The van der Waals surface area contributed by atoms with Crippen LogP contribution < -0.4 is 5.56 Å². The lowest BCUT2D eigenvalue weighted by Gasteiger charge is -2.35. The van der Waals surface area contributed by atoms with E-state index in [1.165, 1.54) is 30.4 Å². The fourth-order valence-electron chi connectivity index (χ4n) is 5.81. The molecule has 2 aromatic carbocycles. The zero-order valence-electron chi connectivity index (χ0n) is 19.6. The lowest BCUT2D eigenvalue weighted by molar-refractivity contribution is 0.187. The molecule has 1 atom stereocenters. The van der Waals surface area contributed by atoms with E-state index < -0.39 is 0 Å². The third-order valence-electron chi connectivity index (χ3n) is 7.62. The van der Waals surface area contributed by atoms with Crippen LogP contribution in [0.25, 0.3) is 10.9 Å². The molecule has 2 aliphatic rings. The number of aromatic nitrogens is 5. The van der Waals surface area contributed by atoms with Gasteiger partial charge in [0.2, 0.25) is 0 Å². The quantitative estimate of drug-likeness (QED) is 0.492. The Bertz CT molecular complexity index is 1380. The second-order valence-electron chi connectivity index (χ2n) is 9.76. The summed E-state index contributed by atoms with van der Waals surface area (Å²) in [4.78, 5) is 19.1. The predicted molar refractivity (Wildman–Crippen MR) is 132 cm³/mol. The van der Waals surface area contributed by atoms with Crippen molar-refractivity contribution in [2.24, 2.45) is 0 Å². The summed E-state index contributed by atoms with van der Waals surface area (Å²) in [6, 6.07) is 16.8. The van der Waals surface area contributed by atoms with Crippen LogP contribution in [0, 0.1) is 6.92 Å². The molecule has 34 heavy (non-hydrogen) atoms. The number of nitrogens with one attached hydrogen (secondary N) is 1. The molecule has 1 aliphatic heterocycles. The van der Waals surface area contributed by atoms with Crippen molar-refractivity contribution in [3.05, 3.63) is 87.0 Å². The summed E-state index contributed by atoms with van der Waals surface area (Å²) in [7, 11) is 0. The molecule has 1 fully saturated rings. The Balaban J connectivity index is 1.50. The molecule has 6 rings (SSSR count). The van der Waals surface area contributed by atoms with Gasteiger partial charge in [0.1, 0.15) is 6.04 Å². The number of pyridine rings is 1. The van der Waals surface area contributed by atoms with E-state index in [-0.39, 0.29) is 11.6 Å². The van der Waals surface area contributed by atoms with E-state index in [2.05, 4.69) is 55.7 Å². The number of hydrogen-bond donors (Lipinski definition) is 1. The SMILES string of the molecule is Cc1cccc2cc([C@H](c3nnnn3C3CCCCC3)N3CCc4ccccc4C3)c(=O)[nH]c12. The third-order valence-corrected chi connectivity index (χ3v) is 7.62. The van der Waals surface area contributed by atoms with Gasteiger partial charge in [-0.2, -0.15) is 0 Å². The molecule has 0 spiro atoms. The Labute approximate surface area is 198 Å². The van der Waals surface area contributed by atoms with E-state index in [1.807, 2.05) is 29.8 Å². The van der Waals surface area contributed by atoms with Crippen LogP contribution in [0.5, 0.6) is 0 Å². The van der Waals surface area contributed by atoms with Gasteiger partial charge in [0, 0.05) is 18.7 Å². The fraction of sp³-hybridized carbons (Fsp3) is 0.407. The summed E-state index contributed by atoms with van der Waals surface area (Å²) >= 11 is 0. The van der Waals surface area contributed by atoms with Crippen molar-refractivity contribution >= 4 is 10.9 Å². The highest BCUT2D eigenvalue weighted by atomic mass is 16.1. The minimum absolute atomic E-state index is 0.0659. The maximum Gasteiger partial charge on any atom is 0.253 e. The first-order valence-corrected chi connectivity index (χ1v) is 12.4. The Hall–Kier alpha value is -3.32. The largest absolute Gasteiger partial charge is 0.321 e. The molecule has 7 nitrogen and oxygen atoms in total. The standard InChI is InChI=1S/C27H30N6O/c1-18-8-7-11-20-16-23(27(34)28-24(18)20)25(32-15-14-19-9-5-6-10-21(19)17-32)26-29-30-31-33(26)22-12-3-2-4-13-22/h5-11,16,22,25H,2-4,12-15,17H2,1H3,(H,28,34)/t25-/m1/s1. The lowest BCUT2D eigenvalue weighted by atomic mass is 9.94. The average molecular weight is 455 g/mol. The van der Waals surface area contributed by atoms with E-state index in [9.17, 15) is 4.79 Å². The Morgan fingerprint density at radius 3 is 2.71 bits per heavy atom. The lowest BCUT2D eigenvalue weighted by Crippen LogP contribution is -2.39. The van der Waals surface area contributed by atoms with Gasteiger partial charge >= 0.3 is 0 Å². The van der Waals surface area contributed by atoms with Crippen molar-refractivity contribution in [3.63, 3.8) is 0 Å². The van der Waals surface area contributed by atoms with Crippen LogP contribution in [0.3, 0.4) is 0 Å². The van der Waals surface area contributed by atoms with Gasteiger partial charge in [0.15, 0.2) is 5.82 Å². The second kappa shape index (κ2) is 8.80. The smallest absolute Gasteiger partial charge is 0.253 e. The van der Waals surface area contributed by atoms with Gasteiger partial charge in [-0.25, -0.2) is 4.68 Å². The first-order chi connectivity index (χ1) is 16.7. The van der Waals surface area contributed by atoms with E-state index in [4.69, 9.17) is 0 Å².